The van der Waals surface area contributed by atoms with Gasteiger partial charge in [0.1, 0.15) is 11.6 Å². The molecule has 0 aliphatic carbocycles. The van der Waals surface area contributed by atoms with E-state index in [1.54, 1.807) is 18.2 Å². The lowest BCUT2D eigenvalue weighted by atomic mass is 9.33. The molecule has 12 aromatic rings. The van der Waals surface area contributed by atoms with Crippen molar-refractivity contribution in [2.75, 3.05) is 19.6 Å². The van der Waals surface area contributed by atoms with Crippen LogP contribution < -0.4 is 36.0 Å². The minimum Gasteiger partial charge on any atom is -0.358 e. The van der Waals surface area contributed by atoms with Gasteiger partial charge in [-0.05, 0) is 149 Å². The van der Waals surface area contributed by atoms with Crippen molar-refractivity contribution in [2.45, 2.75) is 0 Å². The Morgan fingerprint density at radius 2 is 0.617 bits per heavy atom. The van der Waals surface area contributed by atoms with Gasteiger partial charge in [-0.3, -0.25) is 0 Å². The van der Waals surface area contributed by atoms with E-state index in [2.05, 4.69) is 129 Å². The zero-order valence-corrected chi connectivity index (χ0v) is 45.1. The summed E-state index contributed by atoms with van der Waals surface area (Å²) >= 11 is 7.42. The molecule has 12 aromatic carbocycles. The van der Waals surface area contributed by atoms with Gasteiger partial charge in [0.15, 0.2) is 0 Å². The maximum Gasteiger partial charge on any atom is 0.252 e. The minimum absolute atomic E-state index is 0. The molecule has 4 nitrogen and oxygen atoms in total. The van der Waals surface area contributed by atoms with Crippen molar-refractivity contribution in [1.29, 1.82) is 0 Å². The minimum atomic E-state index is -0.293. The van der Waals surface area contributed by atoms with Gasteiger partial charge in [-0.25, -0.2) is 8.78 Å². The van der Waals surface area contributed by atoms with E-state index in [0.29, 0.717) is 16.1 Å². The first-order valence-corrected chi connectivity index (χ1v) is 27.1. The molecule has 0 amide bonds. The number of fused-ring (bicyclic) bond motifs is 4. The smallest absolute Gasteiger partial charge is 0.252 e. The monoisotopic (exact) mass is 1070 g/mol. The zero-order valence-electron chi connectivity index (χ0n) is 44.4. The molecular formula is C73H53BClF2N4-. The molecule has 0 fully saturated rings. The molecule has 0 saturated carbocycles. The highest BCUT2D eigenvalue weighted by atomic mass is 35.5. The van der Waals surface area contributed by atoms with E-state index in [1.807, 2.05) is 164 Å². The van der Waals surface area contributed by atoms with E-state index in [-0.39, 0.29) is 25.8 Å². The summed E-state index contributed by atoms with van der Waals surface area (Å²) < 4.78 is 30.6. The highest BCUT2D eigenvalue weighted by Crippen LogP contribution is 2.50. The normalized spacial score (nSPS) is 11.7. The van der Waals surface area contributed by atoms with Crippen molar-refractivity contribution in [2.24, 2.45) is 0 Å². The van der Waals surface area contributed by atoms with E-state index >= 15 is 8.78 Å². The molecule has 0 unspecified atom stereocenters. The van der Waals surface area contributed by atoms with Crippen LogP contribution in [0.5, 0.6) is 0 Å². The van der Waals surface area contributed by atoms with Crippen molar-refractivity contribution in [3.05, 3.63) is 327 Å². The van der Waals surface area contributed by atoms with E-state index in [9.17, 15) is 0 Å². The predicted octanol–water partition coefficient (Wildman–Crippen LogP) is 19.1. The number of rotatable bonds is 10. The molecule has 0 saturated heterocycles. The average Bonchev–Trinajstić information content (AvgIpc) is 3.70. The fourth-order valence-electron chi connectivity index (χ4n) is 11.4. The van der Waals surface area contributed by atoms with Gasteiger partial charge >= 0.3 is 0 Å². The average molecular weight is 1070 g/mol. The lowest BCUT2D eigenvalue weighted by Gasteiger charge is -2.44. The van der Waals surface area contributed by atoms with Crippen LogP contribution in [-0.4, -0.2) is 6.71 Å². The molecule has 81 heavy (non-hydrogen) atoms. The third-order valence-corrected chi connectivity index (χ3v) is 15.2. The number of para-hydroxylation sites is 8. The molecule has 2 aliphatic heterocycles. The second-order valence-corrected chi connectivity index (χ2v) is 20.0. The first kappa shape index (κ1) is 51.8. The zero-order chi connectivity index (χ0) is 53.9. The largest absolute Gasteiger partial charge is 0.358 e. The Hall–Kier alpha value is -9.95. The number of anilines is 12. The summed E-state index contributed by atoms with van der Waals surface area (Å²) in [5.74, 6) is -0.519. The first-order valence-electron chi connectivity index (χ1n) is 26.7. The molecule has 0 aromatic heterocycles. The Balaban J connectivity index is 0.000000159. The van der Waals surface area contributed by atoms with E-state index < -0.39 is 0 Å². The van der Waals surface area contributed by atoms with Gasteiger partial charge in [-0.15, -0.1) is 0 Å². The SMILES string of the molecule is Fc1ccccc1-c1cc(N(c2ccccc2)c2ccccc2)c(Cl)c(N(c2ccccc2)c2ccccc2)c1.Fc1ccccc1-c1cc2c3c(c1)N(c1ccccc1)c1ccccc1B3c1ccccc1N2c1ccccc1.[CH3-]. The van der Waals surface area contributed by atoms with Gasteiger partial charge in [0.2, 0.25) is 0 Å². The van der Waals surface area contributed by atoms with Gasteiger partial charge in [-0.2, -0.15) is 0 Å². The van der Waals surface area contributed by atoms with Crippen molar-refractivity contribution >= 4 is 103 Å². The van der Waals surface area contributed by atoms with Gasteiger partial charge in [0, 0.05) is 68.0 Å². The van der Waals surface area contributed by atoms with E-state index in [1.165, 1.54) is 28.5 Å². The molecule has 14 rings (SSSR count). The predicted molar refractivity (Wildman–Crippen MR) is 338 cm³/mol. The molecule has 0 radical (unpaired) electrons. The number of nitrogens with zero attached hydrogens (tertiary/aromatic N) is 4. The van der Waals surface area contributed by atoms with Gasteiger partial charge < -0.3 is 27.0 Å². The molecule has 2 heterocycles. The van der Waals surface area contributed by atoms with Crippen LogP contribution in [0.4, 0.5) is 77.0 Å². The second kappa shape index (κ2) is 22.8. The fraction of sp³-hybridized carbons (Fsp3) is 0. The summed E-state index contributed by atoms with van der Waals surface area (Å²) in [6, 6.07) is 101. The van der Waals surface area contributed by atoms with Crippen LogP contribution in [-0.2, 0) is 0 Å². The number of hydrogen-bond donors (Lipinski definition) is 0. The van der Waals surface area contributed by atoms with E-state index in [4.69, 9.17) is 11.6 Å². The van der Waals surface area contributed by atoms with Crippen LogP contribution in [0.2, 0.25) is 5.02 Å². The van der Waals surface area contributed by atoms with Crippen LogP contribution in [0.25, 0.3) is 22.3 Å². The lowest BCUT2D eigenvalue weighted by molar-refractivity contribution is 0.631. The third-order valence-electron chi connectivity index (χ3n) is 14.9. The van der Waals surface area contributed by atoms with Crippen LogP contribution in [0.3, 0.4) is 0 Å². The topological polar surface area (TPSA) is 13.0 Å². The number of halogens is 3. The van der Waals surface area contributed by atoms with Gasteiger partial charge in [-0.1, -0.05) is 194 Å². The Morgan fingerprint density at radius 1 is 0.321 bits per heavy atom. The summed E-state index contributed by atoms with van der Waals surface area (Å²) in [7, 11) is 0. The van der Waals surface area contributed by atoms with Gasteiger partial charge in [0.05, 0.1) is 16.4 Å². The molecule has 8 heteroatoms. The summed E-state index contributed by atoms with van der Waals surface area (Å²) in [5, 5.41) is 0.542. The quantitative estimate of drug-likeness (QED) is 0.0999. The Labute approximate surface area is 478 Å². The summed E-state index contributed by atoms with van der Waals surface area (Å²) in [6.45, 7) is 0.0481. The number of benzene rings is 12. The Morgan fingerprint density at radius 3 is 0.975 bits per heavy atom. The highest BCUT2D eigenvalue weighted by molar-refractivity contribution is 7.00. The molecule has 0 bridgehead atoms. The van der Waals surface area contributed by atoms with Crippen LogP contribution in [0, 0.1) is 19.1 Å². The first-order chi connectivity index (χ1) is 39.5. The highest BCUT2D eigenvalue weighted by Gasteiger charge is 2.43. The van der Waals surface area contributed by atoms with Crippen LogP contribution >= 0.6 is 11.6 Å². The van der Waals surface area contributed by atoms with Crippen LogP contribution in [0.1, 0.15) is 0 Å². The summed E-state index contributed by atoms with van der Waals surface area (Å²) in [5.41, 5.74) is 18.3. The Bertz CT molecular complexity index is 3800. The van der Waals surface area contributed by atoms with Crippen molar-refractivity contribution < 1.29 is 8.78 Å². The van der Waals surface area contributed by atoms with Crippen molar-refractivity contribution in [1.82, 2.24) is 0 Å². The Kier molecular flexibility index (Phi) is 14.6. The van der Waals surface area contributed by atoms with Crippen LogP contribution in [0.15, 0.2) is 303 Å². The molecule has 2 aliphatic rings. The molecule has 0 N–H and O–H groups in total. The maximum absolute atomic E-state index is 15.3. The summed E-state index contributed by atoms with van der Waals surface area (Å²) in [6.07, 6.45) is 0. The molecule has 0 spiro atoms. The molecule has 390 valence electrons. The van der Waals surface area contributed by atoms with E-state index in [0.717, 1.165) is 79.4 Å². The van der Waals surface area contributed by atoms with Gasteiger partial charge in [0.25, 0.3) is 6.71 Å². The fourth-order valence-corrected chi connectivity index (χ4v) is 11.7. The molecule has 0 atom stereocenters. The maximum atomic E-state index is 15.3. The molecular weight excluding hydrogens is 1020 g/mol. The second-order valence-electron chi connectivity index (χ2n) is 19.6. The standard InChI is InChI=1S/C36H24BFN2.C36H26ClFN2.CH3/c38-31-20-10-7-17-28(31)25-23-34-36-35(24-25)40(27-15-5-2-6-16-27)33-22-12-9-19-30(33)37(36)29-18-8-11-21-32(29)39(34)26-13-3-1-4-14-26;37-36-34(39(28-15-5-1-6-16-28)29-17-7-2-8-18-29)25-27(32-23-13-14-24-33(32)38)26-35(36)40(30-19-9-3-10-20-30)31-21-11-4-12-22-31;/h1-24H;1-26H;1H3/q;;-1. The summed E-state index contributed by atoms with van der Waals surface area (Å²) in [4.78, 5) is 8.91. The number of hydrogen-bond acceptors (Lipinski definition) is 4. The van der Waals surface area contributed by atoms with Crippen molar-refractivity contribution in [3.8, 4) is 22.3 Å². The third kappa shape index (κ3) is 9.79. The van der Waals surface area contributed by atoms with Crippen molar-refractivity contribution in [3.63, 3.8) is 0 Å². The lowest BCUT2D eigenvalue weighted by Crippen LogP contribution is -2.61.